The molecule has 0 aromatic carbocycles. The van der Waals surface area contributed by atoms with Crippen molar-refractivity contribution >= 4 is 0 Å². The van der Waals surface area contributed by atoms with Crippen molar-refractivity contribution in [2.24, 2.45) is 17.6 Å². The lowest BCUT2D eigenvalue weighted by Crippen LogP contribution is -2.44. The molecule has 0 bridgehead atoms. The smallest absolute Gasteiger partial charge is 0.229 e. The van der Waals surface area contributed by atoms with Gasteiger partial charge in [-0.2, -0.15) is 4.98 Å². The van der Waals surface area contributed by atoms with E-state index in [1.54, 1.807) is 0 Å². The third-order valence-electron chi connectivity index (χ3n) is 4.08. The third kappa shape index (κ3) is 2.37. The summed E-state index contributed by atoms with van der Waals surface area (Å²) in [7, 11) is 0. The first-order valence-electron chi connectivity index (χ1n) is 6.55. The Bertz CT molecular complexity index is 388. The first-order valence-corrected chi connectivity index (χ1v) is 6.55. The molecule has 4 heteroatoms. The summed E-state index contributed by atoms with van der Waals surface area (Å²) in [5, 5.41) is 4.08. The molecule has 1 aliphatic carbocycles. The molecule has 0 saturated heterocycles. The monoisotopic (exact) mass is 237 g/mol. The van der Waals surface area contributed by atoms with Gasteiger partial charge in [-0.1, -0.05) is 32.9 Å². The Labute approximate surface area is 103 Å². The van der Waals surface area contributed by atoms with Crippen molar-refractivity contribution in [2.75, 3.05) is 0 Å². The van der Waals surface area contributed by atoms with Crippen molar-refractivity contribution in [2.45, 2.75) is 58.4 Å². The summed E-state index contributed by atoms with van der Waals surface area (Å²) in [4.78, 5) is 4.46. The molecule has 1 heterocycles. The fourth-order valence-electron chi connectivity index (χ4n) is 2.52. The van der Waals surface area contributed by atoms with Gasteiger partial charge in [-0.3, -0.25) is 0 Å². The zero-order valence-corrected chi connectivity index (χ0v) is 11.2. The first kappa shape index (κ1) is 12.6. The Balaban J connectivity index is 2.20. The Morgan fingerprint density at radius 2 is 2.06 bits per heavy atom. The molecule has 3 atom stereocenters. The van der Waals surface area contributed by atoms with Gasteiger partial charge in [0.25, 0.3) is 0 Å². The average molecular weight is 237 g/mol. The van der Waals surface area contributed by atoms with Crippen molar-refractivity contribution in [1.29, 1.82) is 0 Å². The molecule has 0 aliphatic heterocycles. The highest BCUT2D eigenvalue weighted by molar-refractivity contribution is 5.07. The topological polar surface area (TPSA) is 64.9 Å². The van der Waals surface area contributed by atoms with E-state index >= 15 is 0 Å². The van der Waals surface area contributed by atoms with Gasteiger partial charge in [-0.25, -0.2) is 0 Å². The Hall–Kier alpha value is -0.900. The molecule has 17 heavy (non-hydrogen) atoms. The normalized spacial score (nSPS) is 34.2. The quantitative estimate of drug-likeness (QED) is 0.859. The van der Waals surface area contributed by atoms with E-state index in [2.05, 4.69) is 24.0 Å². The Kier molecular flexibility index (Phi) is 3.25. The van der Waals surface area contributed by atoms with Crippen molar-refractivity contribution in [3.05, 3.63) is 11.7 Å². The lowest BCUT2D eigenvalue weighted by Gasteiger charge is -2.37. The van der Waals surface area contributed by atoms with E-state index in [1.807, 2.05) is 13.8 Å². The molecule has 0 amide bonds. The van der Waals surface area contributed by atoms with Crippen LogP contribution in [0.2, 0.25) is 0 Å². The van der Waals surface area contributed by atoms with Gasteiger partial charge >= 0.3 is 0 Å². The second-order valence-corrected chi connectivity index (χ2v) is 5.96. The van der Waals surface area contributed by atoms with Gasteiger partial charge in [-0.15, -0.1) is 0 Å². The fraction of sp³-hybridized carbons (Fsp3) is 0.846. The van der Waals surface area contributed by atoms with Crippen molar-refractivity contribution in [1.82, 2.24) is 10.1 Å². The van der Waals surface area contributed by atoms with Crippen molar-refractivity contribution in [3.63, 3.8) is 0 Å². The lowest BCUT2D eigenvalue weighted by molar-refractivity contribution is 0.166. The van der Waals surface area contributed by atoms with Gasteiger partial charge in [-0.05, 0) is 31.1 Å². The van der Waals surface area contributed by atoms with Crippen LogP contribution in [0.1, 0.15) is 64.6 Å². The number of hydrogen-bond donors (Lipinski definition) is 1. The van der Waals surface area contributed by atoms with Gasteiger partial charge < -0.3 is 10.3 Å². The number of hydrogen-bond acceptors (Lipinski definition) is 4. The van der Waals surface area contributed by atoms with Crippen LogP contribution in [-0.4, -0.2) is 10.1 Å². The molecule has 1 saturated carbocycles. The van der Waals surface area contributed by atoms with Gasteiger partial charge in [0.2, 0.25) is 5.89 Å². The van der Waals surface area contributed by atoms with Crippen LogP contribution in [0.15, 0.2) is 4.52 Å². The van der Waals surface area contributed by atoms with Crippen LogP contribution in [-0.2, 0) is 5.54 Å². The number of aromatic nitrogens is 2. The summed E-state index contributed by atoms with van der Waals surface area (Å²) in [5.74, 6) is 3.01. The Morgan fingerprint density at radius 3 is 2.59 bits per heavy atom. The minimum atomic E-state index is -0.386. The molecule has 2 N–H and O–H groups in total. The van der Waals surface area contributed by atoms with Gasteiger partial charge in [0.15, 0.2) is 5.82 Å². The molecule has 1 aromatic rings. The van der Waals surface area contributed by atoms with Crippen LogP contribution in [0, 0.1) is 11.8 Å². The maximum absolute atomic E-state index is 6.46. The van der Waals surface area contributed by atoms with Gasteiger partial charge in [0.1, 0.15) is 0 Å². The summed E-state index contributed by atoms with van der Waals surface area (Å²) < 4.78 is 5.27. The number of nitrogens with zero attached hydrogens (tertiary/aromatic N) is 2. The minimum absolute atomic E-state index is 0.264. The van der Waals surface area contributed by atoms with E-state index in [-0.39, 0.29) is 11.5 Å². The zero-order chi connectivity index (χ0) is 12.6. The average Bonchev–Trinajstić information content (AvgIpc) is 2.74. The molecule has 1 fully saturated rings. The second-order valence-electron chi connectivity index (χ2n) is 5.96. The van der Waals surface area contributed by atoms with E-state index in [4.69, 9.17) is 10.3 Å². The van der Waals surface area contributed by atoms with Gasteiger partial charge in [0, 0.05) is 5.92 Å². The molecular weight excluding hydrogens is 214 g/mol. The summed E-state index contributed by atoms with van der Waals surface area (Å²) in [6.07, 6.45) is 3.05. The highest BCUT2D eigenvalue weighted by Gasteiger charge is 2.39. The van der Waals surface area contributed by atoms with Crippen LogP contribution in [0.5, 0.6) is 0 Å². The molecular formula is C13H23N3O. The molecule has 2 rings (SSSR count). The van der Waals surface area contributed by atoms with E-state index < -0.39 is 0 Å². The summed E-state index contributed by atoms with van der Waals surface area (Å²) >= 11 is 0. The maximum Gasteiger partial charge on any atom is 0.229 e. The van der Waals surface area contributed by atoms with Crippen LogP contribution in [0.25, 0.3) is 0 Å². The SMILES string of the molecule is CC(C)c1nc(C2(N)CCC(C)C(C)C2)no1. The second kappa shape index (κ2) is 4.41. The fourth-order valence-corrected chi connectivity index (χ4v) is 2.52. The van der Waals surface area contributed by atoms with Crippen LogP contribution < -0.4 is 5.73 Å². The highest BCUT2D eigenvalue weighted by atomic mass is 16.5. The molecule has 3 unspecified atom stereocenters. The molecule has 96 valence electrons. The predicted octanol–water partition coefficient (Wildman–Crippen LogP) is 2.80. The summed E-state index contributed by atoms with van der Waals surface area (Å²) in [6, 6.07) is 0. The van der Waals surface area contributed by atoms with Gasteiger partial charge in [0.05, 0.1) is 5.54 Å². The standard InChI is InChI=1S/C13H23N3O/c1-8(2)11-15-12(16-17-11)13(14)6-5-9(3)10(4)7-13/h8-10H,5-7,14H2,1-4H3. The van der Waals surface area contributed by atoms with E-state index in [0.717, 1.165) is 25.2 Å². The molecule has 4 nitrogen and oxygen atoms in total. The van der Waals surface area contributed by atoms with Crippen LogP contribution in [0.4, 0.5) is 0 Å². The number of nitrogens with two attached hydrogens (primary N) is 1. The van der Waals surface area contributed by atoms with Crippen LogP contribution in [0.3, 0.4) is 0 Å². The molecule has 1 aromatic heterocycles. The first-order chi connectivity index (χ1) is 7.92. The summed E-state index contributed by atoms with van der Waals surface area (Å²) in [6.45, 7) is 8.65. The third-order valence-corrected chi connectivity index (χ3v) is 4.08. The lowest BCUT2D eigenvalue weighted by atomic mass is 9.71. The largest absolute Gasteiger partial charge is 0.339 e. The molecule has 0 spiro atoms. The minimum Gasteiger partial charge on any atom is -0.339 e. The molecule has 1 aliphatic rings. The Morgan fingerprint density at radius 1 is 1.35 bits per heavy atom. The van der Waals surface area contributed by atoms with E-state index in [1.165, 1.54) is 0 Å². The number of rotatable bonds is 2. The predicted molar refractivity (Wildman–Crippen MR) is 66.4 cm³/mol. The van der Waals surface area contributed by atoms with Crippen LogP contribution >= 0.6 is 0 Å². The van der Waals surface area contributed by atoms with E-state index in [9.17, 15) is 0 Å². The van der Waals surface area contributed by atoms with Crippen molar-refractivity contribution in [3.8, 4) is 0 Å². The highest BCUT2D eigenvalue weighted by Crippen LogP contribution is 2.39. The van der Waals surface area contributed by atoms with E-state index in [0.29, 0.717) is 17.6 Å². The molecule has 0 radical (unpaired) electrons. The van der Waals surface area contributed by atoms with Crippen molar-refractivity contribution < 1.29 is 4.52 Å². The zero-order valence-electron chi connectivity index (χ0n) is 11.2. The summed E-state index contributed by atoms with van der Waals surface area (Å²) in [5.41, 5.74) is 6.08. The maximum atomic E-state index is 6.46.